The Morgan fingerprint density at radius 2 is 2.12 bits per heavy atom. The molecule has 1 saturated heterocycles. The van der Waals surface area contributed by atoms with E-state index in [2.05, 4.69) is 4.98 Å². The molecule has 9 heteroatoms. The zero-order valence-electron chi connectivity index (χ0n) is 13.9. The molecule has 0 saturated carbocycles. The summed E-state index contributed by atoms with van der Waals surface area (Å²) in [5, 5.41) is 10.5. The first kappa shape index (κ1) is 18.3. The van der Waals surface area contributed by atoms with E-state index in [0.717, 1.165) is 19.2 Å². The molecule has 24 heavy (non-hydrogen) atoms. The number of aromatic nitrogens is 2. The minimum absolute atomic E-state index is 0.400. The normalized spacial score (nSPS) is 33.0. The first-order chi connectivity index (χ1) is 11.0. The minimum atomic E-state index is -2.47. The second-order valence-corrected chi connectivity index (χ2v) is 6.48. The van der Waals surface area contributed by atoms with Crippen molar-refractivity contribution in [3.05, 3.63) is 33.1 Å². The lowest BCUT2D eigenvalue weighted by atomic mass is 9.84. The average molecular weight is 344 g/mol. The van der Waals surface area contributed by atoms with E-state index >= 15 is 4.39 Å². The number of aliphatic hydroxyl groups is 1. The van der Waals surface area contributed by atoms with Crippen LogP contribution in [0.25, 0.3) is 0 Å². The molecule has 1 aromatic heterocycles. The second kappa shape index (κ2) is 6.14. The largest absolute Gasteiger partial charge is 0.463 e. The molecule has 0 radical (unpaired) electrons. The number of nitrogens with one attached hydrogen (secondary N) is 1. The molecular formula is C15H21FN2O6. The number of hydrogen-bond donors (Lipinski definition) is 2. The van der Waals surface area contributed by atoms with Crippen molar-refractivity contribution >= 4 is 5.97 Å². The number of halogens is 1. The molecule has 0 aromatic carbocycles. The first-order valence-electron chi connectivity index (χ1n) is 7.53. The molecule has 8 nitrogen and oxygen atoms in total. The third kappa shape index (κ3) is 2.89. The van der Waals surface area contributed by atoms with Crippen molar-refractivity contribution in [1.29, 1.82) is 0 Å². The number of carbonyl (C=O) groups excluding carboxylic acids is 1. The fourth-order valence-corrected chi connectivity index (χ4v) is 2.47. The molecule has 1 aliphatic heterocycles. The van der Waals surface area contributed by atoms with Gasteiger partial charge in [-0.15, -0.1) is 0 Å². The van der Waals surface area contributed by atoms with Crippen LogP contribution >= 0.6 is 0 Å². The summed E-state index contributed by atoms with van der Waals surface area (Å²) < 4.78 is 26.2. The van der Waals surface area contributed by atoms with Crippen LogP contribution in [-0.2, 0) is 14.3 Å². The molecule has 1 fully saturated rings. The molecule has 2 N–H and O–H groups in total. The van der Waals surface area contributed by atoms with E-state index in [4.69, 9.17) is 9.47 Å². The Labute approximate surface area is 137 Å². The SMILES string of the molecule is CC(C)C(=O)OC[C@H]1O[C@@H](n2c(=O)cc[nH]c2=O)[C@](C)(F)[C@@]1(C)O. The van der Waals surface area contributed by atoms with Gasteiger partial charge in [-0.1, -0.05) is 13.8 Å². The summed E-state index contributed by atoms with van der Waals surface area (Å²) in [4.78, 5) is 37.6. The first-order valence-corrected chi connectivity index (χ1v) is 7.53. The van der Waals surface area contributed by atoms with Gasteiger partial charge in [0.1, 0.15) is 18.3 Å². The Balaban J connectivity index is 2.35. The molecule has 0 amide bonds. The number of nitrogens with zero attached hydrogens (tertiary/aromatic N) is 1. The van der Waals surface area contributed by atoms with Gasteiger partial charge in [-0.2, -0.15) is 0 Å². The molecule has 0 unspecified atom stereocenters. The van der Waals surface area contributed by atoms with Crippen LogP contribution in [0.4, 0.5) is 4.39 Å². The maximum atomic E-state index is 15.2. The van der Waals surface area contributed by atoms with Crippen LogP contribution in [0.15, 0.2) is 21.9 Å². The van der Waals surface area contributed by atoms with Gasteiger partial charge >= 0.3 is 11.7 Å². The van der Waals surface area contributed by atoms with Crippen LogP contribution in [0, 0.1) is 5.92 Å². The van der Waals surface area contributed by atoms with E-state index < -0.39 is 53.3 Å². The smallest absolute Gasteiger partial charge is 0.330 e. The maximum Gasteiger partial charge on any atom is 0.330 e. The van der Waals surface area contributed by atoms with Crippen molar-refractivity contribution in [2.75, 3.05) is 6.61 Å². The van der Waals surface area contributed by atoms with Crippen LogP contribution in [0.3, 0.4) is 0 Å². The highest BCUT2D eigenvalue weighted by Gasteiger charge is 2.64. The average Bonchev–Trinajstić information content (AvgIpc) is 2.64. The van der Waals surface area contributed by atoms with Gasteiger partial charge in [0.2, 0.25) is 0 Å². The van der Waals surface area contributed by atoms with Crippen molar-refractivity contribution in [3.8, 4) is 0 Å². The topological polar surface area (TPSA) is 111 Å². The van der Waals surface area contributed by atoms with E-state index in [0.29, 0.717) is 4.57 Å². The molecule has 0 aliphatic carbocycles. The Hall–Kier alpha value is -2.00. The van der Waals surface area contributed by atoms with Crippen molar-refractivity contribution in [2.24, 2.45) is 5.92 Å². The number of esters is 1. The van der Waals surface area contributed by atoms with Gasteiger partial charge in [-0.3, -0.25) is 9.59 Å². The van der Waals surface area contributed by atoms with Gasteiger partial charge < -0.3 is 19.6 Å². The summed E-state index contributed by atoms with van der Waals surface area (Å²) in [6.07, 6.45) is -1.77. The summed E-state index contributed by atoms with van der Waals surface area (Å²) in [5.41, 5.74) is -6.20. The summed E-state index contributed by atoms with van der Waals surface area (Å²) in [6.45, 7) is 5.05. The summed E-state index contributed by atoms with van der Waals surface area (Å²) >= 11 is 0. The summed E-state index contributed by atoms with van der Waals surface area (Å²) in [5.74, 6) is -0.934. The molecule has 1 aliphatic rings. The molecule has 2 rings (SSSR count). The van der Waals surface area contributed by atoms with Crippen LogP contribution < -0.4 is 11.2 Å². The number of hydrogen-bond acceptors (Lipinski definition) is 6. The number of alkyl halides is 1. The highest BCUT2D eigenvalue weighted by molar-refractivity contribution is 5.71. The zero-order chi connectivity index (χ0) is 18.3. The van der Waals surface area contributed by atoms with Crippen molar-refractivity contribution < 1.29 is 23.8 Å². The van der Waals surface area contributed by atoms with Gasteiger partial charge in [0, 0.05) is 12.3 Å². The Morgan fingerprint density at radius 1 is 1.50 bits per heavy atom. The van der Waals surface area contributed by atoms with E-state index in [9.17, 15) is 19.5 Å². The molecule has 1 aromatic rings. The standard InChI is InChI=1S/C15H21FN2O6/c1-8(2)11(20)23-7-9-15(4,22)14(3,16)12(24-9)18-10(19)5-6-17-13(18)21/h5-6,8-9,12,22H,7H2,1-4H3,(H,17,21)/t9-,12-,14+,15+/m1/s1. The van der Waals surface area contributed by atoms with Crippen LogP contribution in [0.2, 0.25) is 0 Å². The predicted octanol–water partition coefficient (Wildman–Crippen LogP) is 0.112. The molecule has 134 valence electrons. The summed E-state index contributed by atoms with van der Waals surface area (Å²) in [6, 6.07) is 1.04. The Morgan fingerprint density at radius 3 is 2.67 bits per heavy atom. The van der Waals surface area contributed by atoms with Gasteiger partial charge in [0.05, 0.1) is 5.92 Å². The van der Waals surface area contributed by atoms with E-state index in [1.807, 2.05) is 0 Å². The lowest BCUT2D eigenvalue weighted by Crippen LogP contribution is -2.54. The Bertz CT molecular complexity index is 708. The molecule has 2 heterocycles. The fraction of sp³-hybridized carbons (Fsp3) is 0.667. The number of ether oxygens (including phenoxy) is 2. The molecule has 4 atom stereocenters. The van der Waals surface area contributed by atoms with Crippen molar-refractivity contribution in [3.63, 3.8) is 0 Å². The third-order valence-electron chi connectivity index (χ3n) is 4.35. The van der Waals surface area contributed by atoms with Gasteiger partial charge in [0.15, 0.2) is 11.9 Å². The quantitative estimate of drug-likeness (QED) is 0.750. The minimum Gasteiger partial charge on any atom is -0.463 e. The van der Waals surface area contributed by atoms with Crippen LogP contribution in [0.5, 0.6) is 0 Å². The molecular weight excluding hydrogens is 323 g/mol. The van der Waals surface area contributed by atoms with Crippen LogP contribution in [0.1, 0.15) is 33.9 Å². The number of rotatable bonds is 4. The predicted molar refractivity (Wildman–Crippen MR) is 81.2 cm³/mol. The fourth-order valence-electron chi connectivity index (χ4n) is 2.47. The van der Waals surface area contributed by atoms with E-state index in [-0.39, 0.29) is 0 Å². The lowest BCUT2D eigenvalue weighted by Gasteiger charge is -2.32. The third-order valence-corrected chi connectivity index (χ3v) is 4.35. The zero-order valence-corrected chi connectivity index (χ0v) is 13.9. The maximum absolute atomic E-state index is 15.2. The monoisotopic (exact) mass is 344 g/mol. The molecule has 0 bridgehead atoms. The Kier molecular flexibility index (Phi) is 4.69. The number of H-pyrrole nitrogens is 1. The van der Waals surface area contributed by atoms with Crippen molar-refractivity contribution in [1.82, 2.24) is 9.55 Å². The van der Waals surface area contributed by atoms with E-state index in [1.54, 1.807) is 13.8 Å². The highest BCUT2D eigenvalue weighted by Crippen LogP contribution is 2.47. The van der Waals surface area contributed by atoms with Crippen molar-refractivity contribution in [2.45, 2.75) is 51.3 Å². The van der Waals surface area contributed by atoms with Gasteiger partial charge in [-0.05, 0) is 13.8 Å². The van der Waals surface area contributed by atoms with Gasteiger partial charge in [0.25, 0.3) is 5.56 Å². The lowest BCUT2D eigenvalue weighted by molar-refractivity contribution is -0.157. The second-order valence-electron chi connectivity index (χ2n) is 6.48. The summed E-state index contributed by atoms with van der Waals surface area (Å²) in [7, 11) is 0. The van der Waals surface area contributed by atoms with Crippen LogP contribution in [-0.4, -0.2) is 44.6 Å². The highest BCUT2D eigenvalue weighted by atomic mass is 19.1. The number of aromatic amines is 1. The van der Waals surface area contributed by atoms with Gasteiger partial charge in [-0.25, -0.2) is 13.8 Å². The van der Waals surface area contributed by atoms with E-state index in [1.165, 1.54) is 6.92 Å². The number of carbonyl (C=O) groups is 1. The molecule has 0 spiro atoms.